The number of carbonyl (C=O) groups excluding carboxylic acids is 1. The summed E-state index contributed by atoms with van der Waals surface area (Å²) in [4.78, 5) is 16.6. The zero-order valence-electron chi connectivity index (χ0n) is 12.5. The van der Waals surface area contributed by atoms with E-state index in [0.29, 0.717) is 12.5 Å². The summed E-state index contributed by atoms with van der Waals surface area (Å²) in [6, 6.07) is 10.3. The molecule has 4 nitrogen and oxygen atoms in total. The second-order valence-electron chi connectivity index (χ2n) is 5.71. The maximum Gasteiger partial charge on any atom is 0.226 e. The molecule has 22 heavy (non-hydrogen) atoms. The van der Waals surface area contributed by atoms with Crippen LogP contribution in [0.1, 0.15) is 37.8 Å². The van der Waals surface area contributed by atoms with Crippen LogP contribution in [0.25, 0.3) is 0 Å². The van der Waals surface area contributed by atoms with Gasteiger partial charge in [-0.1, -0.05) is 37.5 Å². The normalized spacial score (nSPS) is 15.5. The van der Waals surface area contributed by atoms with Gasteiger partial charge < -0.3 is 10.6 Å². The van der Waals surface area contributed by atoms with Crippen LogP contribution in [0.3, 0.4) is 0 Å². The third-order valence-electron chi connectivity index (χ3n) is 3.89. The van der Waals surface area contributed by atoms with E-state index in [1.165, 1.54) is 30.6 Å². The fourth-order valence-electron chi connectivity index (χ4n) is 2.78. The van der Waals surface area contributed by atoms with Gasteiger partial charge in [-0.2, -0.15) is 0 Å². The zero-order chi connectivity index (χ0) is 15.2. The third-order valence-corrected chi connectivity index (χ3v) is 4.70. The Morgan fingerprint density at radius 1 is 1.18 bits per heavy atom. The number of carbonyl (C=O) groups is 1. The number of amides is 1. The topological polar surface area (TPSA) is 54.0 Å². The van der Waals surface area contributed by atoms with Crippen LogP contribution in [-0.2, 0) is 11.2 Å². The number of nitrogens with zero attached hydrogens (tertiary/aromatic N) is 1. The largest absolute Gasteiger partial charge is 0.353 e. The summed E-state index contributed by atoms with van der Waals surface area (Å²) in [5.74, 6) is 0.0865. The molecule has 116 valence electrons. The number of para-hydroxylation sites is 1. The first-order valence-electron chi connectivity index (χ1n) is 7.85. The van der Waals surface area contributed by atoms with Gasteiger partial charge in [0.1, 0.15) is 0 Å². The van der Waals surface area contributed by atoms with Crippen molar-refractivity contribution in [2.24, 2.45) is 0 Å². The summed E-state index contributed by atoms with van der Waals surface area (Å²) in [5, 5.41) is 9.16. The molecule has 0 radical (unpaired) electrons. The van der Waals surface area contributed by atoms with E-state index in [0.717, 1.165) is 29.4 Å². The summed E-state index contributed by atoms with van der Waals surface area (Å²) in [5.41, 5.74) is 1.84. The van der Waals surface area contributed by atoms with Crippen molar-refractivity contribution in [3.05, 3.63) is 41.4 Å². The van der Waals surface area contributed by atoms with Gasteiger partial charge in [-0.15, -0.1) is 11.3 Å². The highest BCUT2D eigenvalue weighted by Crippen LogP contribution is 2.21. The van der Waals surface area contributed by atoms with Gasteiger partial charge in [-0.3, -0.25) is 4.79 Å². The molecular formula is C17H21N3OS. The van der Waals surface area contributed by atoms with E-state index < -0.39 is 0 Å². The molecule has 1 heterocycles. The van der Waals surface area contributed by atoms with E-state index in [1.807, 2.05) is 35.7 Å². The lowest BCUT2D eigenvalue weighted by molar-refractivity contribution is -0.121. The van der Waals surface area contributed by atoms with Gasteiger partial charge in [-0.25, -0.2) is 4.98 Å². The second-order valence-corrected chi connectivity index (χ2v) is 6.57. The number of thiazole rings is 1. The molecule has 1 aliphatic rings. The first-order chi connectivity index (χ1) is 10.8. The monoisotopic (exact) mass is 315 g/mol. The minimum absolute atomic E-state index is 0.0865. The number of aromatic nitrogens is 1. The van der Waals surface area contributed by atoms with Crippen LogP contribution in [0.15, 0.2) is 35.7 Å². The van der Waals surface area contributed by atoms with Gasteiger partial charge in [0.2, 0.25) is 5.91 Å². The highest BCUT2D eigenvalue weighted by atomic mass is 32.1. The fraction of sp³-hybridized carbons (Fsp3) is 0.412. The Kier molecular flexibility index (Phi) is 5.06. The fourth-order valence-corrected chi connectivity index (χ4v) is 3.51. The Morgan fingerprint density at radius 3 is 2.73 bits per heavy atom. The molecule has 1 aliphatic carbocycles. The average Bonchev–Trinajstić information content (AvgIpc) is 2.96. The van der Waals surface area contributed by atoms with Gasteiger partial charge in [-0.05, 0) is 25.0 Å². The van der Waals surface area contributed by atoms with Gasteiger partial charge in [0, 0.05) is 17.1 Å². The Morgan fingerprint density at radius 2 is 1.95 bits per heavy atom. The van der Waals surface area contributed by atoms with E-state index in [9.17, 15) is 4.79 Å². The van der Waals surface area contributed by atoms with Gasteiger partial charge in [0.05, 0.1) is 12.1 Å². The maximum absolute atomic E-state index is 12.1. The molecule has 0 bridgehead atoms. The van der Waals surface area contributed by atoms with Crippen molar-refractivity contribution in [3.63, 3.8) is 0 Å². The van der Waals surface area contributed by atoms with E-state index in [1.54, 1.807) is 0 Å². The lowest BCUT2D eigenvalue weighted by atomic mass is 9.95. The van der Waals surface area contributed by atoms with Crippen LogP contribution >= 0.6 is 11.3 Å². The Hall–Kier alpha value is -1.88. The zero-order valence-corrected chi connectivity index (χ0v) is 13.4. The Bertz CT molecular complexity index is 605. The molecule has 1 aromatic carbocycles. The van der Waals surface area contributed by atoms with Crippen LogP contribution in [0, 0.1) is 0 Å². The van der Waals surface area contributed by atoms with Crippen LogP contribution < -0.4 is 10.6 Å². The van der Waals surface area contributed by atoms with Gasteiger partial charge >= 0.3 is 0 Å². The van der Waals surface area contributed by atoms with Crippen molar-refractivity contribution in [2.75, 3.05) is 5.32 Å². The van der Waals surface area contributed by atoms with Crippen LogP contribution in [0.5, 0.6) is 0 Å². The SMILES string of the molecule is O=C(Cc1csc(Nc2ccccc2)n1)NC1CCCCC1. The van der Waals surface area contributed by atoms with Crippen molar-refractivity contribution in [1.82, 2.24) is 10.3 Å². The average molecular weight is 315 g/mol. The predicted molar refractivity (Wildman–Crippen MR) is 90.6 cm³/mol. The van der Waals surface area contributed by atoms with E-state index in [-0.39, 0.29) is 5.91 Å². The molecule has 0 unspecified atom stereocenters. The molecule has 1 fully saturated rings. The van der Waals surface area contributed by atoms with E-state index >= 15 is 0 Å². The molecule has 2 N–H and O–H groups in total. The number of hydrogen-bond donors (Lipinski definition) is 2. The van der Waals surface area contributed by atoms with E-state index in [4.69, 9.17) is 0 Å². The molecule has 5 heteroatoms. The van der Waals surface area contributed by atoms with Crippen molar-refractivity contribution in [3.8, 4) is 0 Å². The third kappa shape index (κ3) is 4.31. The lowest BCUT2D eigenvalue weighted by Gasteiger charge is -2.22. The van der Waals surface area contributed by atoms with E-state index in [2.05, 4.69) is 15.6 Å². The summed E-state index contributed by atoms with van der Waals surface area (Å²) in [7, 11) is 0. The molecular weight excluding hydrogens is 294 g/mol. The molecule has 2 aromatic rings. The molecule has 1 saturated carbocycles. The predicted octanol–water partition coefficient (Wildman–Crippen LogP) is 3.88. The van der Waals surface area contributed by atoms with Gasteiger partial charge in [0.15, 0.2) is 5.13 Å². The molecule has 0 saturated heterocycles. The summed E-state index contributed by atoms with van der Waals surface area (Å²) in [6.45, 7) is 0. The minimum atomic E-state index is 0.0865. The summed E-state index contributed by atoms with van der Waals surface area (Å²) < 4.78 is 0. The highest BCUT2D eigenvalue weighted by molar-refractivity contribution is 7.13. The molecule has 1 amide bonds. The summed E-state index contributed by atoms with van der Waals surface area (Å²) >= 11 is 1.53. The summed E-state index contributed by atoms with van der Waals surface area (Å²) in [6.07, 6.45) is 6.35. The Balaban J connectivity index is 1.51. The smallest absolute Gasteiger partial charge is 0.226 e. The first kappa shape index (κ1) is 15.0. The number of nitrogens with one attached hydrogen (secondary N) is 2. The highest BCUT2D eigenvalue weighted by Gasteiger charge is 2.16. The maximum atomic E-state index is 12.1. The quantitative estimate of drug-likeness (QED) is 0.880. The number of benzene rings is 1. The van der Waals surface area contributed by atoms with Crippen molar-refractivity contribution in [2.45, 2.75) is 44.6 Å². The molecule has 0 spiro atoms. The Labute approximate surface area is 135 Å². The second kappa shape index (κ2) is 7.40. The number of anilines is 2. The van der Waals surface area contributed by atoms with Crippen molar-refractivity contribution in [1.29, 1.82) is 0 Å². The number of hydrogen-bond acceptors (Lipinski definition) is 4. The molecule has 1 aromatic heterocycles. The first-order valence-corrected chi connectivity index (χ1v) is 8.73. The minimum Gasteiger partial charge on any atom is -0.353 e. The number of rotatable bonds is 5. The van der Waals surface area contributed by atoms with Crippen LogP contribution in [-0.4, -0.2) is 16.9 Å². The van der Waals surface area contributed by atoms with Crippen LogP contribution in [0.2, 0.25) is 0 Å². The molecule has 0 atom stereocenters. The van der Waals surface area contributed by atoms with Crippen LogP contribution in [0.4, 0.5) is 10.8 Å². The van der Waals surface area contributed by atoms with Crippen molar-refractivity contribution >= 4 is 28.1 Å². The standard InChI is InChI=1S/C17H21N3OS/c21-16(18-13-7-3-1-4-8-13)11-15-12-22-17(20-15)19-14-9-5-2-6-10-14/h2,5-6,9-10,12-13H,1,3-4,7-8,11H2,(H,18,21)(H,19,20). The van der Waals surface area contributed by atoms with Gasteiger partial charge in [0.25, 0.3) is 0 Å². The van der Waals surface area contributed by atoms with Crippen molar-refractivity contribution < 1.29 is 4.79 Å². The lowest BCUT2D eigenvalue weighted by Crippen LogP contribution is -2.37. The molecule has 3 rings (SSSR count). The molecule has 0 aliphatic heterocycles.